The molecule has 5 N–H and O–H groups in total. The third-order valence-electron chi connectivity index (χ3n) is 2.85. The van der Waals surface area contributed by atoms with Crippen LogP contribution in [0.25, 0.3) is 0 Å². The topological polar surface area (TPSA) is 136 Å². The van der Waals surface area contributed by atoms with Gasteiger partial charge in [0.25, 0.3) is 5.91 Å². The first-order valence-corrected chi connectivity index (χ1v) is 7.15. The number of fused-ring (bicyclic) bond motifs is 1. The summed E-state index contributed by atoms with van der Waals surface area (Å²) in [4.78, 5) is 14.9. The van der Waals surface area contributed by atoms with E-state index in [-0.39, 0.29) is 22.6 Å². The number of carbonyl (C=O) groups is 1. The monoisotopic (exact) mass is 283 g/mol. The fraction of sp³-hybridized carbons (Fsp3) is 0.273. The Balaban J connectivity index is 2.54. The van der Waals surface area contributed by atoms with Gasteiger partial charge in [0.2, 0.25) is 0 Å². The van der Waals surface area contributed by atoms with Crippen LogP contribution in [0.1, 0.15) is 28.4 Å². The lowest BCUT2D eigenvalue weighted by Gasteiger charge is -2.21. The molecule has 102 valence electrons. The average molecular weight is 283 g/mol. The van der Waals surface area contributed by atoms with E-state index in [4.69, 9.17) is 11.5 Å². The largest absolute Gasteiger partial charge is 0.388 e. The molecule has 1 heterocycles. The number of rotatable bonds is 1. The Kier molecular flexibility index (Phi) is 3.29. The van der Waals surface area contributed by atoms with Gasteiger partial charge in [-0.3, -0.25) is 4.79 Å². The number of carbonyl (C=O) groups excluding carboxylic acids is 1. The number of guanidine groups is 1. The van der Waals surface area contributed by atoms with Crippen LogP contribution in [0.4, 0.5) is 0 Å². The lowest BCUT2D eigenvalue weighted by Crippen LogP contribution is -2.24. The van der Waals surface area contributed by atoms with E-state index in [1.54, 1.807) is 0 Å². The molecule has 0 fully saturated rings. The number of hydrogen-bond acceptors (Lipinski definition) is 4. The van der Waals surface area contributed by atoms with Crippen molar-refractivity contribution >= 4 is 21.7 Å². The molecule has 1 aliphatic rings. The van der Waals surface area contributed by atoms with E-state index in [1.165, 1.54) is 18.2 Å². The minimum Gasteiger partial charge on any atom is -0.388 e. The molecule has 1 aliphatic heterocycles. The van der Waals surface area contributed by atoms with Crippen molar-refractivity contribution in [2.45, 2.75) is 17.4 Å². The first kappa shape index (κ1) is 13.5. The molecule has 0 radical (unpaired) electrons. The third kappa shape index (κ3) is 2.59. The van der Waals surface area contributed by atoms with Crippen molar-refractivity contribution in [3.05, 3.63) is 29.3 Å². The molecule has 1 atom stereocenters. The quantitative estimate of drug-likeness (QED) is 0.461. The highest BCUT2D eigenvalue weighted by atomic mass is 32.2. The maximum atomic E-state index is 11.9. The Labute approximate surface area is 109 Å². The second-order valence-corrected chi connectivity index (χ2v) is 6.30. The van der Waals surface area contributed by atoms with Crippen LogP contribution in [0.15, 0.2) is 28.1 Å². The summed E-state index contributed by atoms with van der Waals surface area (Å²) in [6.45, 7) is 0. The first-order valence-electron chi connectivity index (χ1n) is 5.50. The maximum absolute atomic E-state index is 11.9. The molecule has 0 saturated carbocycles. The lowest BCUT2D eigenvalue weighted by molar-refractivity contribution is 0.100. The van der Waals surface area contributed by atoms with Gasteiger partial charge >= 0.3 is 0 Å². The Morgan fingerprint density at radius 1 is 1.37 bits per heavy atom. The summed E-state index contributed by atoms with van der Waals surface area (Å²) in [6.07, 6.45) is -0.693. The van der Waals surface area contributed by atoms with E-state index in [1.807, 2.05) is 0 Å². The zero-order valence-electron chi connectivity index (χ0n) is 9.91. The van der Waals surface area contributed by atoms with Crippen LogP contribution >= 0.6 is 0 Å². The summed E-state index contributed by atoms with van der Waals surface area (Å²) in [5.41, 5.74) is 10.5. The highest BCUT2D eigenvalue weighted by Gasteiger charge is 2.29. The van der Waals surface area contributed by atoms with E-state index >= 15 is 0 Å². The number of hydrogen-bond donors (Lipinski definition) is 3. The fourth-order valence-corrected chi connectivity index (χ4v) is 3.55. The van der Waals surface area contributed by atoms with Crippen LogP contribution in [0, 0.1) is 0 Å². The molecule has 1 aromatic carbocycles. The standard InChI is InChI=1S/C11H13N3O4S/c12-11(13)14-10(16)6-1-2-7-8(15)3-4-19(17,18)9(7)5-6/h1-2,5,8,15H,3-4H2,(H4,12,13,14,16). The fourth-order valence-electron chi connectivity index (χ4n) is 1.93. The molecule has 1 unspecified atom stereocenters. The van der Waals surface area contributed by atoms with Gasteiger partial charge in [0.05, 0.1) is 16.8 Å². The predicted molar refractivity (Wildman–Crippen MR) is 68.2 cm³/mol. The molecule has 0 aliphatic carbocycles. The van der Waals surface area contributed by atoms with Crippen molar-refractivity contribution < 1.29 is 18.3 Å². The molecule has 0 bridgehead atoms. The molecule has 19 heavy (non-hydrogen) atoms. The van der Waals surface area contributed by atoms with E-state index in [2.05, 4.69) is 4.99 Å². The lowest BCUT2D eigenvalue weighted by atomic mass is 10.0. The third-order valence-corrected chi connectivity index (χ3v) is 4.64. The molecule has 1 amide bonds. The number of sulfone groups is 1. The second kappa shape index (κ2) is 4.63. The zero-order valence-corrected chi connectivity index (χ0v) is 10.7. The van der Waals surface area contributed by atoms with Gasteiger partial charge in [0.15, 0.2) is 15.8 Å². The average Bonchev–Trinajstić information content (AvgIpc) is 2.33. The molecular formula is C11H13N3O4S. The molecule has 0 saturated heterocycles. The zero-order chi connectivity index (χ0) is 14.2. The highest BCUT2D eigenvalue weighted by Crippen LogP contribution is 2.32. The Morgan fingerprint density at radius 2 is 2.05 bits per heavy atom. The van der Waals surface area contributed by atoms with Crippen LogP contribution in [0.2, 0.25) is 0 Å². The number of aliphatic imine (C=N–C) groups is 1. The van der Waals surface area contributed by atoms with E-state index in [0.29, 0.717) is 5.56 Å². The van der Waals surface area contributed by atoms with Gasteiger partial charge < -0.3 is 16.6 Å². The summed E-state index contributed by atoms with van der Waals surface area (Å²) >= 11 is 0. The Morgan fingerprint density at radius 3 is 2.68 bits per heavy atom. The molecule has 2 rings (SSSR count). The van der Waals surface area contributed by atoms with Gasteiger partial charge in [-0.1, -0.05) is 6.07 Å². The second-order valence-electron chi connectivity index (χ2n) is 4.22. The van der Waals surface area contributed by atoms with E-state index < -0.39 is 27.8 Å². The summed E-state index contributed by atoms with van der Waals surface area (Å²) in [5.74, 6) is -1.27. The van der Waals surface area contributed by atoms with Gasteiger partial charge in [-0.05, 0) is 24.1 Å². The van der Waals surface area contributed by atoms with Crippen molar-refractivity contribution in [1.82, 2.24) is 0 Å². The van der Waals surface area contributed by atoms with Crippen molar-refractivity contribution in [1.29, 1.82) is 0 Å². The summed E-state index contributed by atoms with van der Waals surface area (Å²) < 4.78 is 23.8. The van der Waals surface area contributed by atoms with Crippen molar-refractivity contribution in [3.8, 4) is 0 Å². The van der Waals surface area contributed by atoms with E-state index in [0.717, 1.165) is 0 Å². The number of aliphatic hydroxyl groups is 1. The van der Waals surface area contributed by atoms with Crippen LogP contribution < -0.4 is 11.5 Å². The number of nitrogens with zero attached hydrogens (tertiary/aromatic N) is 1. The minimum atomic E-state index is -3.48. The molecule has 8 heteroatoms. The molecule has 0 aromatic heterocycles. The highest BCUT2D eigenvalue weighted by molar-refractivity contribution is 7.91. The smallest absolute Gasteiger partial charge is 0.280 e. The first-order chi connectivity index (χ1) is 8.81. The minimum absolute atomic E-state index is 0.0390. The van der Waals surface area contributed by atoms with Gasteiger partial charge in [0, 0.05) is 5.56 Å². The number of nitrogens with two attached hydrogens (primary N) is 2. The van der Waals surface area contributed by atoms with Crippen molar-refractivity contribution in [3.63, 3.8) is 0 Å². The summed E-state index contributed by atoms with van der Waals surface area (Å²) in [7, 11) is -3.48. The van der Waals surface area contributed by atoms with Crippen LogP contribution in [0.5, 0.6) is 0 Å². The summed E-state index contributed by atoms with van der Waals surface area (Å²) in [6, 6.07) is 3.99. The summed E-state index contributed by atoms with van der Waals surface area (Å²) in [5, 5.41) is 9.75. The van der Waals surface area contributed by atoms with Crippen molar-refractivity contribution in [2.75, 3.05) is 5.75 Å². The van der Waals surface area contributed by atoms with Gasteiger partial charge in [0.1, 0.15) is 0 Å². The number of benzene rings is 1. The van der Waals surface area contributed by atoms with Crippen LogP contribution in [-0.2, 0) is 9.84 Å². The maximum Gasteiger partial charge on any atom is 0.280 e. The van der Waals surface area contributed by atoms with Crippen molar-refractivity contribution in [2.24, 2.45) is 16.5 Å². The van der Waals surface area contributed by atoms with Crippen LogP contribution in [-0.4, -0.2) is 31.1 Å². The molecule has 7 nitrogen and oxygen atoms in total. The number of amides is 1. The predicted octanol–water partition coefficient (Wildman–Crippen LogP) is -0.689. The molecule has 1 aromatic rings. The number of aliphatic hydroxyl groups excluding tert-OH is 1. The Hall–Kier alpha value is -1.93. The van der Waals surface area contributed by atoms with Gasteiger partial charge in [-0.25, -0.2) is 8.42 Å². The van der Waals surface area contributed by atoms with Crippen LogP contribution in [0.3, 0.4) is 0 Å². The molecule has 0 spiro atoms. The Bertz CT molecular complexity index is 663. The molecular weight excluding hydrogens is 270 g/mol. The normalized spacial score (nSPS) is 20.4. The van der Waals surface area contributed by atoms with E-state index in [9.17, 15) is 18.3 Å². The SMILES string of the molecule is NC(N)=NC(=O)c1ccc2c(c1)S(=O)(=O)CCC2O. The van der Waals surface area contributed by atoms with Gasteiger partial charge in [-0.2, -0.15) is 4.99 Å². The van der Waals surface area contributed by atoms with Gasteiger partial charge in [-0.15, -0.1) is 0 Å².